The summed E-state index contributed by atoms with van der Waals surface area (Å²) in [6.45, 7) is 2.21. The first-order chi connectivity index (χ1) is 10.2. The quantitative estimate of drug-likeness (QED) is 0.426. The van der Waals surface area contributed by atoms with Crippen LogP contribution < -0.4 is 0 Å². The largest absolute Gasteiger partial charge is 0.469 e. The molecule has 0 aliphatic heterocycles. The lowest BCUT2D eigenvalue weighted by Crippen LogP contribution is -2.09. The van der Waals surface area contributed by atoms with E-state index >= 15 is 0 Å². The lowest BCUT2D eigenvalue weighted by Gasteiger charge is -2.16. The highest BCUT2D eigenvalue weighted by Gasteiger charge is 2.16. The Labute approximate surface area is 142 Å². The maximum atomic E-state index is 6.08. The average molecular weight is 415 g/mol. The number of rotatable bonds is 5. The number of fused-ring (bicyclic) bond motifs is 1. The fraction of sp³-hybridized carbons (Fsp3) is 0.312. The monoisotopic (exact) mass is 414 g/mol. The van der Waals surface area contributed by atoms with Crippen LogP contribution in [0.25, 0.3) is 11.0 Å². The van der Waals surface area contributed by atoms with Crippen molar-refractivity contribution in [3.05, 3.63) is 51.7 Å². The summed E-state index contributed by atoms with van der Waals surface area (Å²) >= 11 is 8.39. The Hall–Kier alpha value is -1.01. The minimum atomic E-state index is 0.328. The molecule has 21 heavy (non-hydrogen) atoms. The van der Waals surface area contributed by atoms with E-state index in [1.54, 1.807) is 6.26 Å². The molecule has 0 bridgehead atoms. The predicted octanol–water partition coefficient (Wildman–Crippen LogP) is 5.17. The van der Waals surface area contributed by atoms with Crippen molar-refractivity contribution in [2.75, 3.05) is 0 Å². The fourth-order valence-corrected chi connectivity index (χ4v) is 3.31. The fourth-order valence-electron chi connectivity index (χ4n) is 2.64. The van der Waals surface area contributed by atoms with Crippen LogP contribution in [0, 0.1) is 3.57 Å². The molecule has 0 saturated carbocycles. The molecule has 1 atom stereocenters. The van der Waals surface area contributed by atoms with Gasteiger partial charge in [-0.15, -0.1) is 11.6 Å². The zero-order chi connectivity index (χ0) is 14.8. The van der Waals surface area contributed by atoms with Gasteiger partial charge >= 0.3 is 0 Å². The Morgan fingerprint density at radius 1 is 1.38 bits per heavy atom. The number of imidazole rings is 1. The van der Waals surface area contributed by atoms with Crippen LogP contribution in [0.5, 0.6) is 0 Å². The second-order valence-electron chi connectivity index (χ2n) is 5.13. The highest BCUT2D eigenvalue weighted by molar-refractivity contribution is 14.1. The molecular weight excluding hydrogens is 399 g/mol. The van der Waals surface area contributed by atoms with E-state index in [9.17, 15) is 0 Å². The van der Waals surface area contributed by atoms with Crippen molar-refractivity contribution in [2.24, 2.45) is 0 Å². The summed E-state index contributed by atoms with van der Waals surface area (Å²) < 4.78 is 8.85. The van der Waals surface area contributed by atoms with Crippen LogP contribution in [0.15, 0.2) is 41.0 Å². The number of alkyl halides is 1. The molecule has 0 aliphatic rings. The van der Waals surface area contributed by atoms with Crippen LogP contribution in [0.1, 0.15) is 31.0 Å². The smallest absolute Gasteiger partial charge is 0.125 e. The second kappa shape index (κ2) is 6.40. The van der Waals surface area contributed by atoms with E-state index in [2.05, 4.69) is 57.3 Å². The van der Waals surface area contributed by atoms with Gasteiger partial charge in [0.1, 0.15) is 11.6 Å². The molecule has 5 heteroatoms. The number of nitrogens with zero attached hydrogens (tertiary/aromatic N) is 2. The van der Waals surface area contributed by atoms with E-state index in [1.807, 2.05) is 12.1 Å². The van der Waals surface area contributed by atoms with E-state index in [0.717, 1.165) is 35.5 Å². The van der Waals surface area contributed by atoms with Crippen LogP contribution >= 0.6 is 34.2 Å². The van der Waals surface area contributed by atoms with Crippen molar-refractivity contribution in [1.82, 2.24) is 9.55 Å². The Morgan fingerprint density at radius 3 is 2.95 bits per heavy atom. The lowest BCUT2D eigenvalue weighted by molar-refractivity contribution is 0.452. The molecule has 0 aliphatic carbocycles. The van der Waals surface area contributed by atoms with Crippen molar-refractivity contribution in [2.45, 2.75) is 31.7 Å². The van der Waals surface area contributed by atoms with E-state index in [1.165, 1.54) is 3.57 Å². The molecule has 2 heterocycles. The number of furan rings is 1. The minimum Gasteiger partial charge on any atom is -0.469 e. The molecule has 0 fully saturated rings. The maximum absolute atomic E-state index is 6.08. The normalized spacial score (nSPS) is 12.9. The summed E-state index contributed by atoms with van der Waals surface area (Å²) in [4.78, 5) is 4.66. The van der Waals surface area contributed by atoms with Crippen LogP contribution in [0.2, 0.25) is 0 Å². The summed E-state index contributed by atoms with van der Waals surface area (Å²) in [5, 5.41) is 0. The number of hydrogen-bond acceptors (Lipinski definition) is 2. The third kappa shape index (κ3) is 3.11. The van der Waals surface area contributed by atoms with Crippen LogP contribution in [0.3, 0.4) is 0 Å². The zero-order valence-corrected chi connectivity index (χ0v) is 14.6. The molecule has 110 valence electrons. The van der Waals surface area contributed by atoms with E-state index in [-0.39, 0.29) is 0 Å². The number of halogens is 2. The van der Waals surface area contributed by atoms with Gasteiger partial charge in [-0.2, -0.15) is 0 Å². The lowest BCUT2D eigenvalue weighted by atomic mass is 10.1. The molecule has 2 aromatic heterocycles. The number of aryl methyl sites for hydroxylation is 1. The Bertz CT molecular complexity index is 736. The standard InChI is InChI=1S/C16H16ClIN2O/c1-11(4-6-13-3-2-8-21-13)20-15-7-5-12(18)9-14(15)19-16(20)10-17/h2-3,5,7-9,11H,4,6,10H2,1H3. The summed E-state index contributed by atoms with van der Waals surface area (Å²) in [7, 11) is 0. The summed E-state index contributed by atoms with van der Waals surface area (Å²) in [6, 6.07) is 10.6. The molecule has 0 N–H and O–H groups in total. The third-order valence-corrected chi connectivity index (χ3v) is 4.58. The highest BCUT2D eigenvalue weighted by Crippen LogP contribution is 2.26. The molecule has 3 aromatic rings. The van der Waals surface area contributed by atoms with Gasteiger partial charge in [0, 0.05) is 16.0 Å². The van der Waals surface area contributed by atoms with Gasteiger partial charge in [0.05, 0.1) is 23.2 Å². The maximum Gasteiger partial charge on any atom is 0.125 e. The topological polar surface area (TPSA) is 31.0 Å². The third-order valence-electron chi connectivity index (χ3n) is 3.67. The first kappa shape index (κ1) is 14.9. The molecule has 1 aromatic carbocycles. The van der Waals surface area contributed by atoms with Crippen molar-refractivity contribution >= 4 is 45.2 Å². The molecule has 3 nitrogen and oxygen atoms in total. The number of benzene rings is 1. The van der Waals surface area contributed by atoms with Gasteiger partial charge in [-0.1, -0.05) is 0 Å². The number of aromatic nitrogens is 2. The van der Waals surface area contributed by atoms with E-state index in [4.69, 9.17) is 16.0 Å². The van der Waals surface area contributed by atoms with Gasteiger partial charge in [-0.3, -0.25) is 0 Å². The van der Waals surface area contributed by atoms with Gasteiger partial charge in [0.2, 0.25) is 0 Å². The van der Waals surface area contributed by atoms with Crippen molar-refractivity contribution in [3.8, 4) is 0 Å². The molecule has 0 amide bonds. The van der Waals surface area contributed by atoms with Crippen LogP contribution in [-0.4, -0.2) is 9.55 Å². The SMILES string of the molecule is CC(CCc1ccco1)n1c(CCl)nc2cc(I)ccc21. The van der Waals surface area contributed by atoms with Gasteiger partial charge in [-0.25, -0.2) is 4.98 Å². The van der Waals surface area contributed by atoms with Crippen molar-refractivity contribution < 1.29 is 4.42 Å². The molecule has 0 spiro atoms. The summed E-state index contributed by atoms with van der Waals surface area (Å²) in [5.41, 5.74) is 2.17. The Balaban J connectivity index is 1.90. The molecular formula is C16H16ClIN2O. The van der Waals surface area contributed by atoms with Crippen molar-refractivity contribution in [1.29, 1.82) is 0 Å². The van der Waals surface area contributed by atoms with E-state index < -0.39 is 0 Å². The van der Waals surface area contributed by atoms with Gasteiger partial charge in [0.25, 0.3) is 0 Å². The molecule has 3 rings (SSSR count). The minimum absolute atomic E-state index is 0.328. The van der Waals surface area contributed by atoms with Crippen LogP contribution in [-0.2, 0) is 12.3 Å². The Morgan fingerprint density at radius 2 is 2.24 bits per heavy atom. The highest BCUT2D eigenvalue weighted by atomic mass is 127. The van der Waals surface area contributed by atoms with Gasteiger partial charge < -0.3 is 8.98 Å². The summed E-state index contributed by atoms with van der Waals surface area (Å²) in [5.74, 6) is 2.38. The van der Waals surface area contributed by atoms with Gasteiger partial charge in [0.15, 0.2) is 0 Å². The van der Waals surface area contributed by atoms with E-state index in [0.29, 0.717) is 11.9 Å². The Kier molecular flexibility index (Phi) is 4.54. The summed E-state index contributed by atoms with van der Waals surface area (Å²) in [6.07, 6.45) is 3.63. The molecule has 0 saturated heterocycles. The second-order valence-corrected chi connectivity index (χ2v) is 6.64. The first-order valence-corrected chi connectivity index (χ1v) is 8.55. The average Bonchev–Trinajstić information content (AvgIpc) is 3.11. The zero-order valence-electron chi connectivity index (χ0n) is 11.7. The predicted molar refractivity (Wildman–Crippen MR) is 93.7 cm³/mol. The van der Waals surface area contributed by atoms with Gasteiger partial charge in [-0.05, 0) is 66.3 Å². The number of hydrogen-bond donors (Lipinski definition) is 0. The van der Waals surface area contributed by atoms with Crippen LogP contribution in [0.4, 0.5) is 0 Å². The molecule has 0 radical (unpaired) electrons. The van der Waals surface area contributed by atoms with Crippen molar-refractivity contribution in [3.63, 3.8) is 0 Å². The first-order valence-electron chi connectivity index (χ1n) is 6.93. The molecule has 1 unspecified atom stereocenters.